The second-order valence-electron chi connectivity index (χ2n) is 9.95. The highest BCUT2D eigenvalue weighted by atomic mass is 16.2. The van der Waals surface area contributed by atoms with Gasteiger partial charge in [-0.2, -0.15) is 0 Å². The Morgan fingerprint density at radius 1 is 0.871 bits per heavy atom. The topological polar surface area (TPSA) is 46.3 Å². The summed E-state index contributed by atoms with van der Waals surface area (Å²) in [6.07, 6.45) is 21.6. The number of carbonyl (C=O) groups is 1. The van der Waals surface area contributed by atoms with Crippen molar-refractivity contribution in [1.82, 2.24) is 4.90 Å². The molecule has 2 aliphatic rings. The number of rotatable bonds is 12. The van der Waals surface area contributed by atoms with E-state index in [1.54, 1.807) is 0 Å². The molecule has 1 aromatic rings. The summed E-state index contributed by atoms with van der Waals surface area (Å²) in [5.41, 5.74) is 8.59. The minimum atomic E-state index is -0.000522. The number of carbonyl (C=O) groups excluding carboxylic acids is 1. The molecule has 1 aromatic carbocycles. The summed E-state index contributed by atoms with van der Waals surface area (Å²) in [5, 5.41) is 0. The van der Waals surface area contributed by atoms with Crippen molar-refractivity contribution in [3.05, 3.63) is 47.7 Å². The number of amides is 1. The molecule has 1 amide bonds. The standard InChI is InChI=1S/C28H44N2O/c1-23(29)27-17-12-22-30(27)28(31)26-20-18-25(19-21-26)16-9-6-4-2-3-5-8-13-24-14-10-7-11-15-24/h18-21,24,27H,1-17,22,29H2. The first kappa shape index (κ1) is 23.9. The smallest absolute Gasteiger partial charge is 0.254 e. The normalized spacial score (nSPS) is 19.6. The Morgan fingerprint density at radius 3 is 2.19 bits per heavy atom. The molecule has 3 rings (SSSR count). The monoisotopic (exact) mass is 424 g/mol. The number of nitrogens with two attached hydrogens (primary N) is 1. The van der Waals surface area contributed by atoms with E-state index in [4.69, 9.17) is 5.73 Å². The van der Waals surface area contributed by atoms with Gasteiger partial charge in [0.2, 0.25) is 0 Å². The summed E-state index contributed by atoms with van der Waals surface area (Å²) in [5.74, 6) is 1.14. The molecular weight excluding hydrogens is 380 g/mol. The Bertz CT molecular complexity index is 675. The number of likely N-dealkylation sites (tertiary alicyclic amines) is 1. The zero-order chi connectivity index (χ0) is 21.9. The van der Waals surface area contributed by atoms with Gasteiger partial charge >= 0.3 is 0 Å². The fraction of sp³-hybridized carbons (Fsp3) is 0.679. The van der Waals surface area contributed by atoms with Crippen molar-refractivity contribution in [2.24, 2.45) is 11.7 Å². The second-order valence-corrected chi connectivity index (χ2v) is 9.95. The first-order valence-electron chi connectivity index (χ1n) is 13.0. The molecule has 3 heteroatoms. The van der Waals surface area contributed by atoms with E-state index >= 15 is 0 Å². The highest BCUT2D eigenvalue weighted by Crippen LogP contribution is 2.28. The average molecular weight is 425 g/mol. The SMILES string of the molecule is C=C(N)C1CCCN1C(=O)c1ccc(CCCCCCCCCC2CCCCC2)cc1. The first-order valence-corrected chi connectivity index (χ1v) is 13.0. The molecule has 1 heterocycles. The molecule has 2 fully saturated rings. The zero-order valence-corrected chi connectivity index (χ0v) is 19.6. The van der Waals surface area contributed by atoms with Crippen LogP contribution in [0.15, 0.2) is 36.5 Å². The van der Waals surface area contributed by atoms with Crippen molar-refractivity contribution < 1.29 is 4.79 Å². The molecule has 0 bridgehead atoms. The molecule has 1 atom stereocenters. The van der Waals surface area contributed by atoms with Gasteiger partial charge in [-0.05, 0) is 49.3 Å². The van der Waals surface area contributed by atoms with Crippen LogP contribution in [0.2, 0.25) is 0 Å². The lowest BCUT2D eigenvalue weighted by atomic mass is 9.85. The fourth-order valence-corrected chi connectivity index (χ4v) is 5.50. The Morgan fingerprint density at radius 2 is 1.52 bits per heavy atom. The van der Waals surface area contributed by atoms with Crippen LogP contribution in [0.1, 0.15) is 112 Å². The summed E-state index contributed by atoms with van der Waals surface area (Å²) >= 11 is 0. The van der Waals surface area contributed by atoms with Crippen LogP contribution in [0, 0.1) is 5.92 Å². The van der Waals surface area contributed by atoms with Crippen LogP contribution < -0.4 is 5.73 Å². The van der Waals surface area contributed by atoms with Crippen molar-refractivity contribution in [2.75, 3.05) is 6.54 Å². The van der Waals surface area contributed by atoms with Gasteiger partial charge in [0.25, 0.3) is 5.91 Å². The van der Waals surface area contributed by atoms with Crippen LogP contribution in [0.4, 0.5) is 0 Å². The van der Waals surface area contributed by atoms with Crippen molar-refractivity contribution in [2.45, 2.75) is 109 Å². The number of benzene rings is 1. The van der Waals surface area contributed by atoms with E-state index in [-0.39, 0.29) is 11.9 Å². The first-order chi connectivity index (χ1) is 15.1. The largest absolute Gasteiger partial charge is 0.401 e. The van der Waals surface area contributed by atoms with Crippen molar-refractivity contribution in [1.29, 1.82) is 0 Å². The van der Waals surface area contributed by atoms with E-state index in [2.05, 4.69) is 18.7 Å². The summed E-state index contributed by atoms with van der Waals surface area (Å²) in [6.45, 7) is 4.63. The van der Waals surface area contributed by atoms with E-state index in [1.165, 1.54) is 89.0 Å². The van der Waals surface area contributed by atoms with Gasteiger partial charge in [-0.25, -0.2) is 0 Å². The summed E-state index contributed by atoms with van der Waals surface area (Å²) in [4.78, 5) is 14.7. The van der Waals surface area contributed by atoms with Crippen LogP contribution >= 0.6 is 0 Å². The average Bonchev–Trinajstić information content (AvgIpc) is 3.29. The number of hydrogen-bond acceptors (Lipinski definition) is 2. The predicted octanol–water partition coefficient (Wildman–Crippen LogP) is 7.01. The highest BCUT2D eigenvalue weighted by molar-refractivity contribution is 5.94. The summed E-state index contributed by atoms with van der Waals surface area (Å²) < 4.78 is 0. The van der Waals surface area contributed by atoms with Gasteiger partial charge in [-0.15, -0.1) is 0 Å². The molecule has 0 spiro atoms. The van der Waals surface area contributed by atoms with E-state index in [0.29, 0.717) is 5.70 Å². The molecule has 172 valence electrons. The Kier molecular flexibility index (Phi) is 9.96. The minimum absolute atomic E-state index is 0.000522. The zero-order valence-electron chi connectivity index (χ0n) is 19.6. The lowest BCUT2D eigenvalue weighted by Crippen LogP contribution is -2.38. The van der Waals surface area contributed by atoms with Gasteiger partial charge in [0.15, 0.2) is 0 Å². The molecule has 3 nitrogen and oxygen atoms in total. The van der Waals surface area contributed by atoms with Crippen LogP contribution in [-0.2, 0) is 6.42 Å². The van der Waals surface area contributed by atoms with Crippen molar-refractivity contribution >= 4 is 5.91 Å². The van der Waals surface area contributed by atoms with Gasteiger partial charge < -0.3 is 10.6 Å². The molecule has 1 saturated heterocycles. The number of hydrogen-bond donors (Lipinski definition) is 1. The Balaban J connectivity index is 1.25. The minimum Gasteiger partial charge on any atom is -0.401 e. The molecule has 31 heavy (non-hydrogen) atoms. The number of nitrogens with zero attached hydrogens (tertiary/aromatic N) is 1. The van der Waals surface area contributed by atoms with E-state index < -0.39 is 0 Å². The lowest BCUT2D eigenvalue weighted by Gasteiger charge is -2.24. The summed E-state index contributed by atoms with van der Waals surface area (Å²) in [7, 11) is 0. The van der Waals surface area contributed by atoms with Gasteiger partial charge in [0, 0.05) is 17.8 Å². The molecule has 0 aromatic heterocycles. The maximum Gasteiger partial charge on any atom is 0.254 e. The quantitative estimate of drug-likeness (QED) is 0.367. The number of unbranched alkanes of at least 4 members (excludes halogenated alkanes) is 6. The predicted molar refractivity (Wildman–Crippen MR) is 131 cm³/mol. The third kappa shape index (κ3) is 7.70. The third-order valence-corrected chi connectivity index (χ3v) is 7.45. The van der Waals surface area contributed by atoms with Crippen LogP contribution in [0.3, 0.4) is 0 Å². The van der Waals surface area contributed by atoms with Crippen molar-refractivity contribution in [3.8, 4) is 0 Å². The van der Waals surface area contributed by atoms with Gasteiger partial charge in [0.05, 0.1) is 6.04 Å². The molecule has 1 aliphatic heterocycles. The van der Waals surface area contributed by atoms with Crippen LogP contribution in [0.25, 0.3) is 0 Å². The number of aryl methyl sites for hydroxylation is 1. The maximum atomic E-state index is 12.8. The molecule has 1 saturated carbocycles. The van der Waals surface area contributed by atoms with Crippen molar-refractivity contribution in [3.63, 3.8) is 0 Å². The van der Waals surface area contributed by atoms with Gasteiger partial charge in [0.1, 0.15) is 0 Å². The Hall–Kier alpha value is -1.77. The Labute approximate surface area is 190 Å². The van der Waals surface area contributed by atoms with E-state index in [0.717, 1.165) is 37.3 Å². The second kappa shape index (κ2) is 12.9. The van der Waals surface area contributed by atoms with Crippen LogP contribution in [0.5, 0.6) is 0 Å². The third-order valence-electron chi connectivity index (χ3n) is 7.45. The van der Waals surface area contributed by atoms with Crippen LogP contribution in [-0.4, -0.2) is 23.4 Å². The molecule has 2 N–H and O–H groups in total. The molecule has 1 unspecified atom stereocenters. The molecule has 0 radical (unpaired) electrons. The highest BCUT2D eigenvalue weighted by Gasteiger charge is 2.30. The molecule has 1 aliphatic carbocycles. The van der Waals surface area contributed by atoms with E-state index in [9.17, 15) is 4.79 Å². The van der Waals surface area contributed by atoms with Gasteiger partial charge in [-0.1, -0.05) is 95.8 Å². The fourth-order valence-electron chi connectivity index (χ4n) is 5.50. The lowest BCUT2D eigenvalue weighted by molar-refractivity contribution is 0.0755. The van der Waals surface area contributed by atoms with E-state index in [1.807, 2.05) is 17.0 Å². The maximum absolute atomic E-state index is 12.8. The molecular formula is C28H44N2O. The van der Waals surface area contributed by atoms with Gasteiger partial charge in [-0.3, -0.25) is 4.79 Å². The summed E-state index contributed by atoms with van der Waals surface area (Å²) in [6, 6.07) is 8.22.